The number of hydrogen-bond donors (Lipinski definition) is 1. The van der Waals surface area contributed by atoms with Crippen LogP contribution in [0.3, 0.4) is 0 Å². The highest BCUT2D eigenvalue weighted by Gasteiger charge is 2.17. The van der Waals surface area contributed by atoms with Crippen molar-refractivity contribution in [1.82, 2.24) is 5.32 Å². The molecule has 20 heavy (non-hydrogen) atoms. The van der Waals surface area contributed by atoms with Crippen LogP contribution in [0.5, 0.6) is 5.75 Å². The van der Waals surface area contributed by atoms with E-state index >= 15 is 0 Å². The molecule has 0 radical (unpaired) electrons. The van der Waals surface area contributed by atoms with Crippen molar-refractivity contribution in [3.05, 3.63) is 29.8 Å². The summed E-state index contributed by atoms with van der Waals surface area (Å²) in [6.45, 7) is 12.0. The molecule has 2 atom stereocenters. The predicted octanol–water partition coefficient (Wildman–Crippen LogP) is 4.95. The molecule has 0 bridgehead atoms. The van der Waals surface area contributed by atoms with Crippen molar-refractivity contribution >= 4 is 0 Å². The Hall–Kier alpha value is -1.02. The maximum absolute atomic E-state index is 5.72. The second-order valence-electron chi connectivity index (χ2n) is 5.93. The van der Waals surface area contributed by atoms with Gasteiger partial charge in [-0.2, -0.15) is 0 Å². The maximum atomic E-state index is 5.72. The summed E-state index contributed by atoms with van der Waals surface area (Å²) in [6.07, 6.45) is 3.89. The summed E-state index contributed by atoms with van der Waals surface area (Å²) in [4.78, 5) is 0. The SMILES string of the molecule is CCCNC(c1ccc(OC(C)C)cc1)C(C)CCC. The minimum atomic E-state index is 0.230. The lowest BCUT2D eigenvalue weighted by Gasteiger charge is -2.26. The first-order valence-electron chi connectivity index (χ1n) is 8.08. The molecule has 0 fully saturated rings. The van der Waals surface area contributed by atoms with E-state index in [0.717, 1.165) is 12.3 Å². The van der Waals surface area contributed by atoms with E-state index in [4.69, 9.17) is 4.74 Å². The van der Waals surface area contributed by atoms with Crippen LogP contribution in [0.15, 0.2) is 24.3 Å². The van der Waals surface area contributed by atoms with Crippen LogP contribution in [0.25, 0.3) is 0 Å². The van der Waals surface area contributed by atoms with Gasteiger partial charge in [0.15, 0.2) is 0 Å². The molecule has 0 spiro atoms. The van der Waals surface area contributed by atoms with E-state index in [2.05, 4.69) is 64.2 Å². The third kappa shape index (κ3) is 5.54. The summed E-state index contributed by atoms with van der Waals surface area (Å²) >= 11 is 0. The van der Waals surface area contributed by atoms with Gasteiger partial charge in [-0.15, -0.1) is 0 Å². The van der Waals surface area contributed by atoms with Crippen LogP contribution in [0, 0.1) is 5.92 Å². The highest BCUT2D eigenvalue weighted by Crippen LogP contribution is 2.27. The standard InChI is InChI=1S/C18H31NO/c1-6-8-15(5)18(19-13-7-2)16-9-11-17(12-10-16)20-14(3)4/h9-12,14-15,18-19H,6-8,13H2,1-5H3. The summed E-state index contributed by atoms with van der Waals surface area (Å²) in [5.41, 5.74) is 1.37. The molecule has 0 aliphatic carbocycles. The van der Waals surface area contributed by atoms with Gasteiger partial charge in [-0.3, -0.25) is 0 Å². The molecule has 0 saturated heterocycles. The van der Waals surface area contributed by atoms with Gasteiger partial charge in [-0.05, 0) is 56.8 Å². The van der Waals surface area contributed by atoms with Gasteiger partial charge in [-0.25, -0.2) is 0 Å². The Morgan fingerprint density at radius 2 is 1.65 bits per heavy atom. The normalized spacial score (nSPS) is 14.3. The Morgan fingerprint density at radius 1 is 1.00 bits per heavy atom. The molecule has 0 aliphatic rings. The molecular formula is C18H31NO. The molecule has 1 rings (SSSR count). The molecule has 2 unspecified atom stereocenters. The lowest BCUT2D eigenvalue weighted by Crippen LogP contribution is -2.27. The molecule has 114 valence electrons. The number of benzene rings is 1. The number of nitrogens with one attached hydrogen (secondary N) is 1. The van der Waals surface area contributed by atoms with Crippen LogP contribution in [0.2, 0.25) is 0 Å². The third-order valence-corrected chi connectivity index (χ3v) is 3.54. The quantitative estimate of drug-likeness (QED) is 0.689. The molecule has 0 heterocycles. The Kier molecular flexibility index (Phi) is 7.68. The molecule has 1 aromatic carbocycles. The van der Waals surface area contributed by atoms with Crippen molar-refractivity contribution in [2.45, 2.75) is 66.0 Å². The number of rotatable bonds is 9. The van der Waals surface area contributed by atoms with Crippen LogP contribution >= 0.6 is 0 Å². The zero-order chi connectivity index (χ0) is 15.0. The Balaban J connectivity index is 2.78. The molecule has 2 heteroatoms. The van der Waals surface area contributed by atoms with Crippen molar-refractivity contribution in [3.8, 4) is 5.75 Å². The first kappa shape index (κ1) is 17.0. The number of ether oxygens (including phenoxy) is 1. The van der Waals surface area contributed by atoms with Gasteiger partial charge >= 0.3 is 0 Å². The van der Waals surface area contributed by atoms with Crippen LogP contribution in [-0.2, 0) is 0 Å². The molecule has 0 aliphatic heterocycles. The van der Waals surface area contributed by atoms with Gasteiger partial charge in [0, 0.05) is 6.04 Å². The molecule has 0 aromatic heterocycles. The van der Waals surface area contributed by atoms with E-state index in [1.54, 1.807) is 0 Å². The average molecular weight is 277 g/mol. The van der Waals surface area contributed by atoms with Crippen LogP contribution in [0.4, 0.5) is 0 Å². The largest absolute Gasteiger partial charge is 0.491 e. The summed E-state index contributed by atoms with van der Waals surface area (Å²) in [6, 6.07) is 9.04. The molecule has 1 N–H and O–H groups in total. The zero-order valence-electron chi connectivity index (χ0n) is 13.8. The molecule has 0 amide bonds. The van der Waals surface area contributed by atoms with Crippen molar-refractivity contribution in [3.63, 3.8) is 0 Å². The molecule has 1 aromatic rings. The third-order valence-electron chi connectivity index (χ3n) is 3.54. The minimum absolute atomic E-state index is 0.230. The monoisotopic (exact) mass is 277 g/mol. The topological polar surface area (TPSA) is 21.3 Å². The summed E-state index contributed by atoms with van der Waals surface area (Å²) in [5, 5.41) is 3.69. The van der Waals surface area contributed by atoms with E-state index in [-0.39, 0.29) is 6.10 Å². The van der Waals surface area contributed by atoms with Crippen molar-refractivity contribution in [1.29, 1.82) is 0 Å². The van der Waals surface area contributed by atoms with Crippen LogP contribution in [0.1, 0.15) is 65.5 Å². The summed E-state index contributed by atoms with van der Waals surface area (Å²) in [5.74, 6) is 1.62. The van der Waals surface area contributed by atoms with Crippen LogP contribution < -0.4 is 10.1 Å². The van der Waals surface area contributed by atoms with E-state index < -0.39 is 0 Å². The molecule has 0 saturated carbocycles. The smallest absolute Gasteiger partial charge is 0.119 e. The van der Waals surface area contributed by atoms with Gasteiger partial charge in [0.1, 0.15) is 5.75 Å². The van der Waals surface area contributed by atoms with Gasteiger partial charge in [0.05, 0.1) is 6.10 Å². The fourth-order valence-electron chi connectivity index (χ4n) is 2.60. The van der Waals surface area contributed by atoms with E-state index in [1.165, 1.54) is 24.8 Å². The first-order valence-corrected chi connectivity index (χ1v) is 8.08. The first-order chi connectivity index (χ1) is 9.58. The van der Waals surface area contributed by atoms with Gasteiger partial charge in [0.2, 0.25) is 0 Å². The summed E-state index contributed by atoms with van der Waals surface area (Å²) < 4.78 is 5.72. The van der Waals surface area contributed by atoms with Gasteiger partial charge < -0.3 is 10.1 Å². The van der Waals surface area contributed by atoms with Crippen molar-refractivity contribution < 1.29 is 4.74 Å². The second-order valence-corrected chi connectivity index (χ2v) is 5.93. The molecule has 2 nitrogen and oxygen atoms in total. The highest BCUT2D eigenvalue weighted by atomic mass is 16.5. The maximum Gasteiger partial charge on any atom is 0.119 e. The van der Waals surface area contributed by atoms with E-state index in [0.29, 0.717) is 12.0 Å². The Labute approximate surface area is 124 Å². The second kappa shape index (κ2) is 9.02. The average Bonchev–Trinajstić information content (AvgIpc) is 2.40. The predicted molar refractivity (Wildman–Crippen MR) is 87.3 cm³/mol. The highest BCUT2D eigenvalue weighted by molar-refractivity contribution is 5.29. The van der Waals surface area contributed by atoms with E-state index in [9.17, 15) is 0 Å². The Bertz CT molecular complexity index is 358. The fraction of sp³-hybridized carbons (Fsp3) is 0.667. The molecular weight excluding hydrogens is 246 g/mol. The lowest BCUT2D eigenvalue weighted by molar-refractivity contribution is 0.242. The van der Waals surface area contributed by atoms with Gasteiger partial charge in [0.25, 0.3) is 0 Å². The van der Waals surface area contributed by atoms with Crippen molar-refractivity contribution in [2.75, 3.05) is 6.54 Å². The fourth-order valence-corrected chi connectivity index (χ4v) is 2.60. The number of hydrogen-bond acceptors (Lipinski definition) is 2. The zero-order valence-corrected chi connectivity index (χ0v) is 13.8. The summed E-state index contributed by atoms with van der Waals surface area (Å²) in [7, 11) is 0. The van der Waals surface area contributed by atoms with Crippen molar-refractivity contribution in [2.24, 2.45) is 5.92 Å². The minimum Gasteiger partial charge on any atom is -0.491 e. The van der Waals surface area contributed by atoms with Gasteiger partial charge in [-0.1, -0.05) is 39.3 Å². The van der Waals surface area contributed by atoms with Crippen LogP contribution in [-0.4, -0.2) is 12.6 Å². The lowest BCUT2D eigenvalue weighted by atomic mass is 9.91. The van der Waals surface area contributed by atoms with E-state index in [1.807, 2.05) is 0 Å². The Morgan fingerprint density at radius 3 is 2.15 bits per heavy atom.